The first-order chi connectivity index (χ1) is 6.98. The monoisotopic (exact) mass is 210 g/mol. The molecule has 3 heteroatoms. The Labute approximate surface area is 88.7 Å². The van der Waals surface area contributed by atoms with Gasteiger partial charge >= 0.3 is 5.97 Å². The van der Waals surface area contributed by atoms with Crippen molar-refractivity contribution in [1.29, 1.82) is 0 Å². The van der Waals surface area contributed by atoms with Gasteiger partial charge in [0.25, 0.3) is 0 Å². The van der Waals surface area contributed by atoms with E-state index < -0.39 is 11.6 Å². The molecule has 0 heterocycles. The molecule has 1 aromatic rings. The van der Waals surface area contributed by atoms with Gasteiger partial charge in [-0.25, -0.2) is 9.18 Å². The van der Waals surface area contributed by atoms with Crippen LogP contribution in [0.5, 0.6) is 0 Å². The number of hydrogen-bond donors (Lipinski definition) is 1. The highest BCUT2D eigenvalue weighted by molar-refractivity contribution is 5.78. The van der Waals surface area contributed by atoms with E-state index in [9.17, 15) is 9.18 Å². The maximum atomic E-state index is 13.7. The zero-order valence-electron chi connectivity index (χ0n) is 8.96. The van der Waals surface area contributed by atoms with Crippen molar-refractivity contribution in [2.24, 2.45) is 0 Å². The van der Waals surface area contributed by atoms with Gasteiger partial charge in [0.2, 0.25) is 5.67 Å². The van der Waals surface area contributed by atoms with Crippen LogP contribution in [0.3, 0.4) is 0 Å². The predicted octanol–water partition coefficient (Wildman–Crippen LogP) is 2.91. The molecule has 0 aliphatic rings. The summed E-state index contributed by atoms with van der Waals surface area (Å²) < 4.78 is 13.7. The fourth-order valence-corrected chi connectivity index (χ4v) is 1.40. The third-order valence-corrected chi connectivity index (χ3v) is 2.44. The molecule has 0 aliphatic heterocycles. The standard InChI is InChI=1S/C12H15FO2/c1-3-4-9-5-7-10(8-6-9)12(2,13)11(14)15/h5-8H,3-4H2,1-2H3,(H,14,15). The van der Waals surface area contributed by atoms with Gasteiger partial charge in [0.15, 0.2) is 0 Å². The van der Waals surface area contributed by atoms with Crippen LogP contribution in [0.1, 0.15) is 31.4 Å². The molecule has 0 saturated carbocycles. The van der Waals surface area contributed by atoms with Gasteiger partial charge in [-0.1, -0.05) is 37.6 Å². The van der Waals surface area contributed by atoms with Crippen LogP contribution in [0.4, 0.5) is 4.39 Å². The summed E-state index contributed by atoms with van der Waals surface area (Å²) in [4.78, 5) is 10.7. The van der Waals surface area contributed by atoms with Crippen molar-refractivity contribution in [3.8, 4) is 0 Å². The third kappa shape index (κ3) is 2.55. The molecular weight excluding hydrogens is 195 g/mol. The van der Waals surface area contributed by atoms with Crippen LogP contribution in [-0.2, 0) is 16.9 Å². The van der Waals surface area contributed by atoms with Gasteiger partial charge in [-0.3, -0.25) is 0 Å². The topological polar surface area (TPSA) is 37.3 Å². The van der Waals surface area contributed by atoms with E-state index in [1.54, 1.807) is 24.3 Å². The van der Waals surface area contributed by atoms with E-state index in [0.29, 0.717) is 0 Å². The largest absolute Gasteiger partial charge is 0.479 e. The zero-order valence-corrected chi connectivity index (χ0v) is 8.96. The summed E-state index contributed by atoms with van der Waals surface area (Å²) in [5, 5.41) is 8.69. The van der Waals surface area contributed by atoms with E-state index in [2.05, 4.69) is 6.92 Å². The van der Waals surface area contributed by atoms with E-state index in [1.807, 2.05) is 0 Å². The molecule has 0 bridgehead atoms. The second-order valence-electron chi connectivity index (χ2n) is 3.76. The molecule has 15 heavy (non-hydrogen) atoms. The van der Waals surface area contributed by atoms with Crippen LogP contribution >= 0.6 is 0 Å². The Bertz CT molecular complexity index is 341. The van der Waals surface area contributed by atoms with Crippen molar-refractivity contribution < 1.29 is 14.3 Å². The van der Waals surface area contributed by atoms with Crippen LogP contribution in [0, 0.1) is 0 Å². The molecule has 0 spiro atoms. The fraction of sp³-hybridized carbons (Fsp3) is 0.417. The average Bonchev–Trinajstić information content (AvgIpc) is 2.19. The summed E-state index contributed by atoms with van der Waals surface area (Å²) in [6.07, 6.45) is 1.95. The zero-order chi connectivity index (χ0) is 11.5. The second-order valence-corrected chi connectivity index (χ2v) is 3.76. The lowest BCUT2D eigenvalue weighted by atomic mass is 9.96. The lowest BCUT2D eigenvalue weighted by Gasteiger charge is -2.15. The highest BCUT2D eigenvalue weighted by atomic mass is 19.1. The minimum Gasteiger partial charge on any atom is -0.479 e. The van der Waals surface area contributed by atoms with E-state index in [1.165, 1.54) is 0 Å². The van der Waals surface area contributed by atoms with Crippen LogP contribution in [-0.4, -0.2) is 11.1 Å². The van der Waals surface area contributed by atoms with Crippen molar-refractivity contribution in [2.75, 3.05) is 0 Å². The minimum atomic E-state index is -2.30. The van der Waals surface area contributed by atoms with E-state index in [0.717, 1.165) is 25.3 Å². The van der Waals surface area contributed by atoms with Gasteiger partial charge in [0.1, 0.15) is 0 Å². The SMILES string of the molecule is CCCc1ccc(C(C)(F)C(=O)O)cc1. The van der Waals surface area contributed by atoms with Crippen LogP contribution in [0.2, 0.25) is 0 Å². The summed E-state index contributed by atoms with van der Waals surface area (Å²) in [7, 11) is 0. The molecule has 1 N–H and O–H groups in total. The maximum absolute atomic E-state index is 13.7. The van der Waals surface area contributed by atoms with Crippen molar-refractivity contribution in [1.82, 2.24) is 0 Å². The quantitative estimate of drug-likeness (QED) is 0.829. The number of aryl methyl sites for hydroxylation is 1. The Morgan fingerprint density at radius 3 is 2.33 bits per heavy atom. The normalized spacial score (nSPS) is 14.6. The van der Waals surface area contributed by atoms with Gasteiger partial charge in [-0.05, 0) is 18.9 Å². The lowest BCUT2D eigenvalue weighted by Crippen LogP contribution is -2.26. The van der Waals surface area contributed by atoms with Gasteiger partial charge in [0, 0.05) is 5.56 Å². The Morgan fingerprint density at radius 2 is 1.93 bits per heavy atom. The number of carbonyl (C=O) groups is 1. The molecule has 82 valence electrons. The summed E-state index contributed by atoms with van der Waals surface area (Å²) in [5.41, 5.74) is -1.01. The second kappa shape index (κ2) is 4.43. The van der Waals surface area contributed by atoms with E-state index in [-0.39, 0.29) is 5.56 Å². The Balaban J connectivity index is 2.93. The van der Waals surface area contributed by atoms with Gasteiger partial charge < -0.3 is 5.11 Å². The van der Waals surface area contributed by atoms with Crippen molar-refractivity contribution in [2.45, 2.75) is 32.4 Å². The molecule has 0 radical (unpaired) electrons. The number of carboxylic acid groups (broad SMARTS) is 1. The highest BCUT2D eigenvalue weighted by Gasteiger charge is 2.34. The summed E-state index contributed by atoms with van der Waals surface area (Å²) in [6, 6.07) is 6.64. The molecule has 1 aromatic carbocycles. The number of carboxylic acids is 1. The van der Waals surface area contributed by atoms with Gasteiger partial charge in [0.05, 0.1) is 0 Å². The Morgan fingerprint density at radius 1 is 1.40 bits per heavy atom. The molecular formula is C12H15FO2. The van der Waals surface area contributed by atoms with Crippen molar-refractivity contribution in [3.05, 3.63) is 35.4 Å². The first-order valence-corrected chi connectivity index (χ1v) is 5.00. The maximum Gasteiger partial charge on any atom is 0.345 e. The number of hydrogen-bond acceptors (Lipinski definition) is 1. The number of halogens is 1. The first kappa shape index (κ1) is 11.7. The summed E-state index contributed by atoms with van der Waals surface area (Å²) >= 11 is 0. The number of benzene rings is 1. The number of rotatable bonds is 4. The number of alkyl halides is 1. The van der Waals surface area contributed by atoms with Gasteiger partial charge in [-0.2, -0.15) is 0 Å². The van der Waals surface area contributed by atoms with Gasteiger partial charge in [-0.15, -0.1) is 0 Å². The van der Waals surface area contributed by atoms with Crippen LogP contribution < -0.4 is 0 Å². The highest BCUT2D eigenvalue weighted by Crippen LogP contribution is 2.26. The Kier molecular flexibility index (Phi) is 3.45. The van der Waals surface area contributed by atoms with Crippen LogP contribution in [0.25, 0.3) is 0 Å². The predicted molar refractivity (Wildman–Crippen MR) is 56.5 cm³/mol. The third-order valence-electron chi connectivity index (χ3n) is 2.44. The molecule has 0 aliphatic carbocycles. The molecule has 0 fully saturated rings. The van der Waals surface area contributed by atoms with Crippen LogP contribution in [0.15, 0.2) is 24.3 Å². The van der Waals surface area contributed by atoms with Crippen molar-refractivity contribution in [3.63, 3.8) is 0 Å². The molecule has 0 amide bonds. The van der Waals surface area contributed by atoms with E-state index in [4.69, 9.17) is 5.11 Å². The first-order valence-electron chi connectivity index (χ1n) is 5.00. The molecule has 1 rings (SSSR count). The minimum absolute atomic E-state index is 0.190. The summed E-state index contributed by atoms with van der Waals surface area (Å²) in [5.74, 6) is -1.45. The fourth-order valence-electron chi connectivity index (χ4n) is 1.40. The summed E-state index contributed by atoms with van der Waals surface area (Å²) in [6.45, 7) is 3.12. The lowest BCUT2D eigenvalue weighted by molar-refractivity contribution is -0.150. The average molecular weight is 210 g/mol. The molecule has 1 unspecified atom stereocenters. The number of aliphatic carboxylic acids is 1. The molecule has 2 nitrogen and oxygen atoms in total. The van der Waals surface area contributed by atoms with E-state index >= 15 is 0 Å². The molecule has 1 atom stereocenters. The van der Waals surface area contributed by atoms with Crippen molar-refractivity contribution >= 4 is 5.97 Å². The smallest absolute Gasteiger partial charge is 0.345 e. The molecule has 0 aromatic heterocycles. The Hall–Kier alpha value is -1.38. The molecule has 0 saturated heterocycles.